The maximum atomic E-state index is 12.9. The molecule has 2 aromatic carbocycles. The molecule has 2 aromatic rings. The van der Waals surface area contributed by atoms with Crippen LogP contribution in [0.1, 0.15) is 28.4 Å². The summed E-state index contributed by atoms with van der Waals surface area (Å²) in [7, 11) is -3.99. The van der Waals surface area contributed by atoms with Gasteiger partial charge in [-0.2, -0.15) is 13.2 Å². The lowest BCUT2D eigenvalue weighted by Gasteiger charge is -2.13. The summed E-state index contributed by atoms with van der Waals surface area (Å²) in [5.41, 5.74) is -0.718. The van der Waals surface area contributed by atoms with Gasteiger partial charge in [0.25, 0.3) is 0 Å². The highest BCUT2D eigenvalue weighted by molar-refractivity contribution is 7.89. The van der Waals surface area contributed by atoms with Crippen LogP contribution in [0.25, 0.3) is 0 Å². The molecule has 0 aromatic heterocycles. The summed E-state index contributed by atoms with van der Waals surface area (Å²) in [6.07, 6.45) is -4.56. The molecule has 8 heteroatoms. The topological polar surface area (TPSA) is 63.2 Å². The smallest absolute Gasteiger partial charge is 0.295 e. The quantitative estimate of drug-likeness (QED) is 0.835. The summed E-state index contributed by atoms with van der Waals surface area (Å²) >= 11 is 0. The van der Waals surface area contributed by atoms with E-state index in [9.17, 15) is 26.4 Å². The van der Waals surface area contributed by atoms with E-state index >= 15 is 0 Å². The fourth-order valence-electron chi connectivity index (χ4n) is 2.08. The van der Waals surface area contributed by atoms with Crippen LogP contribution in [0.3, 0.4) is 0 Å². The Labute approximate surface area is 137 Å². The van der Waals surface area contributed by atoms with Crippen LogP contribution in [-0.4, -0.2) is 14.2 Å². The van der Waals surface area contributed by atoms with Crippen molar-refractivity contribution in [3.05, 3.63) is 65.2 Å². The lowest BCUT2D eigenvalue weighted by Crippen LogP contribution is -2.24. The molecule has 0 aliphatic carbocycles. The van der Waals surface area contributed by atoms with Gasteiger partial charge in [-0.3, -0.25) is 4.79 Å². The van der Waals surface area contributed by atoms with Crippen LogP contribution in [0.5, 0.6) is 0 Å². The number of carbonyl (C=O) groups excluding carboxylic acids is 1. The Morgan fingerprint density at radius 1 is 1.04 bits per heavy atom. The zero-order chi connectivity index (χ0) is 18.0. The van der Waals surface area contributed by atoms with Crippen LogP contribution in [-0.2, 0) is 22.7 Å². The van der Waals surface area contributed by atoms with E-state index in [-0.39, 0.29) is 16.2 Å². The Balaban J connectivity index is 2.21. The molecule has 0 unspecified atom stereocenters. The van der Waals surface area contributed by atoms with Crippen molar-refractivity contribution in [3.8, 4) is 0 Å². The highest BCUT2D eigenvalue weighted by atomic mass is 32.2. The van der Waals surface area contributed by atoms with E-state index in [1.165, 1.54) is 49.4 Å². The second-order valence-electron chi connectivity index (χ2n) is 5.06. The predicted octanol–water partition coefficient (Wildman–Crippen LogP) is 3.39. The van der Waals surface area contributed by atoms with Crippen molar-refractivity contribution in [1.29, 1.82) is 0 Å². The molecule has 0 amide bonds. The van der Waals surface area contributed by atoms with E-state index in [1.54, 1.807) is 0 Å². The molecule has 0 aliphatic rings. The van der Waals surface area contributed by atoms with Crippen molar-refractivity contribution >= 4 is 15.8 Å². The molecule has 0 bridgehead atoms. The summed E-state index contributed by atoms with van der Waals surface area (Å²) < 4.78 is 65.2. The molecule has 0 radical (unpaired) electrons. The monoisotopic (exact) mass is 357 g/mol. The number of carbonyl (C=O) groups is 1. The second-order valence-corrected chi connectivity index (χ2v) is 6.83. The number of sulfonamides is 1. The zero-order valence-corrected chi connectivity index (χ0v) is 13.4. The first-order chi connectivity index (χ1) is 11.1. The molecular weight excluding hydrogens is 343 g/mol. The minimum Gasteiger partial charge on any atom is -0.295 e. The van der Waals surface area contributed by atoms with Gasteiger partial charge in [-0.15, -0.1) is 0 Å². The van der Waals surface area contributed by atoms with Crippen LogP contribution in [0.15, 0.2) is 53.4 Å². The highest BCUT2D eigenvalue weighted by Gasteiger charge is 2.33. The third-order valence-electron chi connectivity index (χ3n) is 3.35. The van der Waals surface area contributed by atoms with Crippen LogP contribution >= 0.6 is 0 Å². The number of hydrogen-bond acceptors (Lipinski definition) is 3. The van der Waals surface area contributed by atoms with E-state index in [2.05, 4.69) is 4.72 Å². The van der Waals surface area contributed by atoms with E-state index in [0.717, 1.165) is 6.07 Å². The van der Waals surface area contributed by atoms with Gasteiger partial charge < -0.3 is 0 Å². The minimum atomic E-state index is -4.56. The average molecular weight is 357 g/mol. The third-order valence-corrected chi connectivity index (χ3v) is 4.76. The molecule has 0 atom stereocenters. The molecule has 0 fully saturated rings. The fraction of sp³-hybridized carbons (Fsp3) is 0.188. The standard InChI is InChI=1S/C16H14F3NO3S/c1-11(21)12-6-8-14(9-7-12)24(22,23)20-10-13-4-2-3-5-15(13)16(17,18)19/h2-9,20H,10H2,1H3. The molecule has 0 spiro atoms. The Hall–Kier alpha value is -2.19. The molecule has 2 rings (SSSR count). The summed E-state index contributed by atoms with van der Waals surface area (Å²) in [5, 5.41) is 0. The zero-order valence-electron chi connectivity index (χ0n) is 12.6. The van der Waals surface area contributed by atoms with Crippen molar-refractivity contribution in [2.24, 2.45) is 0 Å². The van der Waals surface area contributed by atoms with E-state index in [1.807, 2.05) is 0 Å². The normalized spacial score (nSPS) is 12.2. The number of ketones is 1. The second kappa shape index (κ2) is 6.74. The van der Waals surface area contributed by atoms with Gasteiger partial charge in [0.1, 0.15) is 0 Å². The van der Waals surface area contributed by atoms with Crippen LogP contribution in [0.2, 0.25) is 0 Å². The van der Waals surface area contributed by atoms with Crippen molar-refractivity contribution in [1.82, 2.24) is 4.72 Å². The summed E-state index contributed by atoms with van der Waals surface area (Å²) in [4.78, 5) is 11.0. The fourth-order valence-corrected chi connectivity index (χ4v) is 3.08. The Morgan fingerprint density at radius 3 is 2.17 bits per heavy atom. The van der Waals surface area contributed by atoms with Crippen molar-refractivity contribution in [3.63, 3.8) is 0 Å². The number of nitrogens with one attached hydrogen (secondary N) is 1. The van der Waals surface area contributed by atoms with Crippen LogP contribution in [0, 0.1) is 0 Å². The molecule has 0 aliphatic heterocycles. The van der Waals surface area contributed by atoms with Crippen molar-refractivity contribution < 1.29 is 26.4 Å². The van der Waals surface area contributed by atoms with Crippen molar-refractivity contribution in [2.45, 2.75) is 24.5 Å². The largest absolute Gasteiger partial charge is 0.416 e. The number of benzene rings is 2. The SMILES string of the molecule is CC(=O)c1ccc(S(=O)(=O)NCc2ccccc2C(F)(F)F)cc1. The molecule has 0 saturated heterocycles. The van der Waals surface area contributed by atoms with Crippen LogP contribution < -0.4 is 4.72 Å². The van der Waals surface area contributed by atoms with E-state index < -0.39 is 28.3 Å². The third kappa shape index (κ3) is 4.21. The number of rotatable bonds is 5. The van der Waals surface area contributed by atoms with Gasteiger partial charge in [-0.25, -0.2) is 13.1 Å². The first kappa shape index (κ1) is 18.2. The molecule has 24 heavy (non-hydrogen) atoms. The molecule has 1 N–H and O–H groups in total. The van der Waals surface area contributed by atoms with E-state index in [4.69, 9.17) is 0 Å². The lowest BCUT2D eigenvalue weighted by molar-refractivity contribution is -0.138. The number of Topliss-reactive ketones (excluding diaryl/α,β-unsaturated/α-hetero) is 1. The minimum absolute atomic E-state index is 0.128. The maximum Gasteiger partial charge on any atom is 0.416 e. The van der Waals surface area contributed by atoms with E-state index in [0.29, 0.717) is 5.56 Å². The molecule has 4 nitrogen and oxygen atoms in total. The van der Waals surface area contributed by atoms with Gasteiger partial charge >= 0.3 is 6.18 Å². The molecular formula is C16H14F3NO3S. The summed E-state index contributed by atoms with van der Waals surface area (Å²) in [6, 6.07) is 9.90. The number of hydrogen-bond donors (Lipinski definition) is 1. The van der Waals surface area contributed by atoms with Gasteiger partial charge in [-0.05, 0) is 30.7 Å². The average Bonchev–Trinajstić information content (AvgIpc) is 2.52. The molecule has 0 saturated carbocycles. The molecule has 0 heterocycles. The highest BCUT2D eigenvalue weighted by Crippen LogP contribution is 2.31. The molecule has 128 valence electrons. The number of halogens is 3. The maximum absolute atomic E-state index is 12.9. The van der Waals surface area contributed by atoms with Gasteiger partial charge in [0.15, 0.2) is 5.78 Å². The van der Waals surface area contributed by atoms with Gasteiger partial charge in [0.05, 0.1) is 10.5 Å². The van der Waals surface area contributed by atoms with Gasteiger partial charge in [0.2, 0.25) is 10.0 Å². The van der Waals surface area contributed by atoms with Gasteiger partial charge in [0, 0.05) is 12.1 Å². The van der Waals surface area contributed by atoms with Gasteiger partial charge in [-0.1, -0.05) is 30.3 Å². The Bertz CT molecular complexity index is 844. The Morgan fingerprint density at radius 2 is 1.62 bits per heavy atom. The predicted molar refractivity (Wildman–Crippen MR) is 81.9 cm³/mol. The van der Waals surface area contributed by atoms with Crippen LogP contribution in [0.4, 0.5) is 13.2 Å². The summed E-state index contributed by atoms with van der Waals surface area (Å²) in [5.74, 6) is -0.217. The number of alkyl halides is 3. The Kier molecular flexibility index (Phi) is 5.10. The summed E-state index contributed by atoms with van der Waals surface area (Å²) in [6.45, 7) is 0.850. The first-order valence-corrected chi connectivity index (χ1v) is 8.35. The van der Waals surface area contributed by atoms with Crippen molar-refractivity contribution in [2.75, 3.05) is 0 Å². The first-order valence-electron chi connectivity index (χ1n) is 6.87. The lowest BCUT2D eigenvalue weighted by atomic mass is 10.1.